The number of benzene rings is 2. The smallest absolute Gasteiger partial charge is 0.387 e. The minimum atomic E-state index is -2.84. The lowest BCUT2D eigenvalue weighted by Gasteiger charge is -2.12. The molecular formula is C25H24F2N4O4S. The van der Waals surface area contributed by atoms with Gasteiger partial charge in [-0.2, -0.15) is 8.78 Å². The van der Waals surface area contributed by atoms with E-state index in [2.05, 4.69) is 20.0 Å². The summed E-state index contributed by atoms with van der Waals surface area (Å²) in [6.07, 6.45) is 7.13. The summed E-state index contributed by atoms with van der Waals surface area (Å²) in [6.45, 7) is -0.999. The van der Waals surface area contributed by atoms with Gasteiger partial charge in [-0.3, -0.25) is 4.68 Å². The van der Waals surface area contributed by atoms with Crippen LogP contribution < -0.4 is 14.2 Å². The van der Waals surface area contributed by atoms with Crippen molar-refractivity contribution in [1.29, 1.82) is 0 Å². The van der Waals surface area contributed by atoms with Crippen molar-refractivity contribution in [2.75, 3.05) is 13.7 Å². The molecule has 0 aliphatic rings. The number of ether oxygens (including phenoxy) is 4. The Bertz CT molecular complexity index is 1250. The molecule has 0 aliphatic carbocycles. The molecule has 4 rings (SSSR count). The SMILES string of the molecule is COc1cc(OCc2csc(C=Cc3ccc(OC(F)F)cc3)n2)ccc1COCCn1ccnn1. The second-order valence-electron chi connectivity index (χ2n) is 7.44. The maximum absolute atomic E-state index is 12.2. The standard InChI is InChI=1S/C25H24F2N4O4S/c1-32-23-14-22(8-5-19(23)15-33-13-12-31-11-10-28-30-31)34-16-20-17-36-24(29-20)9-4-18-2-6-21(7-3-18)35-25(26)27/h2-11,14,17,25H,12-13,15-16H2,1H3. The molecule has 2 aromatic carbocycles. The minimum Gasteiger partial charge on any atom is -0.496 e. The van der Waals surface area contributed by atoms with Crippen molar-refractivity contribution in [2.24, 2.45) is 0 Å². The Morgan fingerprint density at radius 3 is 2.64 bits per heavy atom. The van der Waals surface area contributed by atoms with Gasteiger partial charge in [-0.05, 0) is 35.9 Å². The third kappa shape index (κ3) is 7.59. The predicted octanol–water partition coefficient (Wildman–Crippen LogP) is 5.31. The molecule has 4 aromatic rings. The van der Waals surface area contributed by atoms with Crippen molar-refractivity contribution in [1.82, 2.24) is 20.0 Å². The van der Waals surface area contributed by atoms with Crippen LogP contribution in [0.5, 0.6) is 17.2 Å². The first-order valence-corrected chi connectivity index (χ1v) is 11.9. The van der Waals surface area contributed by atoms with E-state index in [0.717, 1.165) is 21.8 Å². The molecule has 0 spiro atoms. The lowest BCUT2D eigenvalue weighted by atomic mass is 10.2. The van der Waals surface area contributed by atoms with Crippen molar-refractivity contribution in [3.8, 4) is 17.2 Å². The van der Waals surface area contributed by atoms with E-state index in [-0.39, 0.29) is 5.75 Å². The average molecular weight is 515 g/mol. The van der Waals surface area contributed by atoms with Crippen molar-refractivity contribution in [2.45, 2.75) is 26.4 Å². The molecule has 188 valence electrons. The van der Waals surface area contributed by atoms with Crippen LogP contribution in [0, 0.1) is 0 Å². The molecular weight excluding hydrogens is 490 g/mol. The molecule has 8 nitrogen and oxygen atoms in total. The Morgan fingerprint density at radius 1 is 1.06 bits per heavy atom. The fourth-order valence-electron chi connectivity index (χ4n) is 3.18. The molecule has 0 unspecified atom stereocenters. The van der Waals surface area contributed by atoms with E-state index in [1.54, 1.807) is 36.3 Å². The molecule has 0 saturated carbocycles. The number of alkyl halides is 2. The van der Waals surface area contributed by atoms with Crippen molar-refractivity contribution in [3.63, 3.8) is 0 Å². The quantitative estimate of drug-likeness (QED) is 0.224. The number of aromatic nitrogens is 4. The third-order valence-electron chi connectivity index (χ3n) is 4.93. The van der Waals surface area contributed by atoms with Crippen LogP contribution in [0.1, 0.15) is 21.8 Å². The Morgan fingerprint density at radius 2 is 1.89 bits per heavy atom. The van der Waals surface area contributed by atoms with Crippen molar-refractivity contribution >= 4 is 23.5 Å². The summed E-state index contributed by atoms with van der Waals surface area (Å²) in [5.41, 5.74) is 2.55. The third-order valence-corrected chi connectivity index (χ3v) is 5.79. The highest BCUT2D eigenvalue weighted by molar-refractivity contribution is 7.10. The topological polar surface area (TPSA) is 80.5 Å². The molecule has 36 heavy (non-hydrogen) atoms. The van der Waals surface area contributed by atoms with E-state index in [1.807, 2.05) is 35.7 Å². The maximum atomic E-state index is 12.2. The van der Waals surface area contributed by atoms with Gasteiger partial charge in [0.2, 0.25) is 0 Å². The molecule has 0 atom stereocenters. The summed E-state index contributed by atoms with van der Waals surface area (Å²) in [6, 6.07) is 12.0. The zero-order valence-corrected chi connectivity index (χ0v) is 20.2. The van der Waals surface area contributed by atoms with Crippen LogP contribution in [0.15, 0.2) is 60.2 Å². The first-order chi connectivity index (χ1) is 17.6. The van der Waals surface area contributed by atoms with Gasteiger partial charge in [0, 0.05) is 23.2 Å². The average Bonchev–Trinajstić information content (AvgIpc) is 3.57. The van der Waals surface area contributed by atoms with E-state index >= 15 is 0 Å². The van der Waals surface area contributed by atoms with Crippen LogP contribution in [0.3, 0.4) is 0 Å². The summed E-state index contributed by atoms with van der Waals surface area (Å²) in [7, 11) is 1.61. The normalized spacial score (nSPS) is 11.3. The number of nitrogens with zero attached hydrogens (tertiary/aromatic N) is 4. The highest BCUT2D eigenvalue weighted by Gasteiger charge is 2.08. The van der Waals surface area contributed by atoms with Gasteiger partial charge in [0.1, 0.15) is 28.9 Å². The Kier molecular flexibility index (Phi) is 8.95. The van der Waals surface area contributed by atoms with Gasteiger partial charge in [0.15, 0.2) is 0 Å². The van der Waals surface area contributed by atoms with Crippen LogP contribution >= 0.6 is 11.3 Å². The van der Waals surface area contributed by atoms with Gasteiger partial charge >= 0.3 is 6.61 Å². The molecule has 0 fully saturated rings. The highest BCUT2D eigenvalue weighted by Crippen LogP contribution is 2.26. The molecule has 0 amide bonds. The van der Waals surface area contributed by atoms with E-state index in [0.29, 0.717) is 37.9 Å². The Labute approximate surface area is 210 Å². The van der Waals surface area contributed by atoms with Crippen LogP contribution in [-0.4, -0.2) is 40.3 Å². The van der Waals surface area contributed by atoms with Gasteiger partial charge in [-0.1, -0.05) is 23.4 Å². The molecule has 0 aliphatic heterocycles. The Balaban J connectivity index is 1.26. The summed E-state index contributed by atoms with van der Waals surface area (Å²) in [4.78, 5) is 4.55. The van der Waals surface area contributed by atoms with E-state index in [1.165, 1.54) is 23.5 Å². The molecule has 11 heteroatoms. The molecule has 2 aromatic heterocycles. The highest BCUT2D eigenvalue weighted by atomic mass is 32.1. The van der Waals surface area contributed by atoms with E-state index < -0.39 is 6.61 Å². The predicted molar refractivity (Wildman–Crippen MR) is 131 cm³/mol. The molecule has 0 bridgehead atoms. The van der Waals surface area contributed by atoms with Gasteiger partial charge in [-0.15, -0.1) is 16.4 Å². The number of hydrogen-bond acceptors (Lipinski definition) is 8. The van der Waals surface area contributed by atoms with E-state index in [4.69, 9.17) is 14.2 Å². The minimum absolute atomic E-state index is 0.121. The second-order valence-corrected chi connectivity index (χ2v) is 8.33. The maximum Gasteiger partial charge on any atom is 0.387 e. The fraction of sp³-hybridized carbons (Fsp3) is 0.240. The van der Waals surface area contributed by atoms with Gasteiger partial charge in [-0.25, -0.2) is 4.98 Å². The number of rotatable bonds is 13. The number of hydrogen-bond donors (Lipinski definition) is 0. The van der Waals surface area contributed by atoms with Crippen LogP contribution in [0.4, 0.5) is 8.78 Å². The van der Waals surface area contributed by atoms with E-state index in [9.17, 15) is 8.78 Å². The van der Waals surface area contributed by atoms with Gasteiger partial charge < -0.3 is 18.9 Å². The first-order valence-electron chi connectivity index (χ1n) is 11.0. The van der Waals surface area contributed by atoms with Gasteiger partial charge in [0.05, 0.1) is 38.8 Å². The van der Waals surface area contributed by atoms with Crippen molar-refractivity contribution in [3.05, 3.63) is 82.1 Å². The van der Waals surface area contributed by atoms with Gasteiger partial charge in [0.25, 0.3) is 0 Å². The summed E-state index contributed by atoms with van der Waals surface area (Å²) in [5, 5.41) is 10.4. The molecule has 0 N–H and O–H groups in total. The summed E-state index contributed by atoms with van der Waals surface area (Å²) < 4.78 is 47.7. The summed E-state index contributed by atoms with van der Waals surface area (Å²) >= 11 is 1.48. The second kappa shape index (κ2) is 12.8. The largest absolute Gasteiger partial charge is 0.496 e. The fourth-order valence-corrected chi connectivity index (χ4v) is 3.87. The lowest BCUT2D eigenvalue weighted by Crippen LogP contribution is -2.07. The van der Waals surface area contributed by atoms with Crippen LogP contribution in [-0.2, 0) is 24.5 Å². The number of halogens is 2. The lowest BCUT2D eigenvalue weighted by molar-refractivity contribution is -0.0498. The number of methoxy groups -OCH3 is 1. The van der Waals surface area contributed by atoms with Crippen LogP contribution in [0.25, 0.3) is 12.2 Å². The van der Waals surface area contributed by atoms with Crippen LogP contribution in [0.2, 0.25) is 0 Å². The monoisotopic (exact) mass is 514 g/mol. The zero-order chi connectivity index (χ0) is 25.2. The number of thiazole rings is 1. The van der Waals surface area contributed by atoms with Crippen molar-refractivity contribution < 1.29 is 27.7 Å². The molecule has 0 radical (unpaired) electrons. The zero-order valence-electron chi connectivity index (χ0n) is 19.4. The first kappa shape index (κ1) is 25.3. The Hall–Kier alpha value is -3.83. The molecule has 0 saturated heterocycles. The summed E-state index contributed by atoms with van der Waals surface area (Å²) in [5.74, 6) is 1.46. The molecule has 2 heterocycles.